The zero-order valence-corrected chi connectivity index (χ0v) is 11.1. The van der Waals surface area contributed by atoms with Crippen molar-refractivity contribution in [3.8, 4) is 22.3 Å². The van der Waals surface area contributed by atoms with Crippen LogP contribution in [-0.2, 0) is 9.53 Å². The maximum Gasteiger partial charge on any atom is 0.338 e. The molecule has 2 aromatic carbocycles. The Morgan fingerprint density at radius 2 is 1.75 bits per heavy atom. The number of hydrogen-bond donors (Lipinski definition) is 0. The van der Waals surface area contributed by atoms with Crippen molar-refractivity contribution in [2.75, 3.05) is 6.61 Å². The Morgan fingerprint density at radius 1 is 1.10 bits per heavy atom. The van der Waals surface area contributed by atoms with Crippen molar-refractivity contribution in [2.45, 2.75) is 6.92 Å². The molecule has 2 nitrogen and oxygen atoms in total. The van der Waals surface area contributed by atoms with Crippen LogP contribution in [-0.4, -0.2) is 12.6 Å². The van der Waals surface area contributed by atoms with Crippen LogP contribution in [0, 0.1) is 5.82 Å². The van der Waals surface area contributed by atoms with Gasteiger partial charge in [0, 0.05) is 0 Å². The molecule has 0 aliphatic heterocycles. The van der Waals surface area contributed by atoms with E-state index in [1.165, 1.54) is 12.1 Å². The van der Waals surface area contributed by atoms with Gasteiger partial charge in [0.15, 0.2) is 0 Å². The minimum atomic E-state index is -0.425. The van der Waals surface area contributed by atoms with Gasteiger partial charge in [-0.2, -0.15) is 0 Å². The van der Waals surface area contributed by atoms with Crippen LogP contribution in [0.2, 0.25) is 0 Å². The molecular weight excluding hydrogens is 255 g/mol. The van der Waals surface area contributed by atoms with Crippen molar-refractivity contribution in [1.82, 2.24) is 0 Å². The molecule has 0 saturated heterocycles. The first-order chi connectivity index (χ1) is 9.61. The highest BCUT2D eigenvalue weighted by Crippen LogP contribution is 2.47. The van der Waals surface area contributed by atoms with E-state index < -0.39 is 5.97 Å². The summed E-state index contributed by atoms with van der Waals surface area (Å²) in [5, 5.41) is 0. The van der Waals surface area contributed by atoms with Crippen LogP contribution in [0.5, 0.6) is 0 Å². The Labute approximate surface area is 116 Å². The first-order valence-electron chi connectivity index (χ1n) is 6.42. The lowest BCUT2D eigenvalue weighted by Gasteiger charge is -2.24. The normalized spacial score (nSPS) is 11.1. The summed E-state index contributed by atoms with van der Waals surface area (Å²) in [4.78, 5) is 11.7. The van der Waals surface area contributed by atoms with Crippen molar-refractivity contribution < 1.29 is 13.9 Å². The zero-order valence-electron chi connectivity index (χ0n) is 11.1. The van der Waals surface area contributed by atoms with Crippen molar-refractivity contribution in [3.63, 3.8) is 0 Å². The summed E-state index contributed by atoms with van der Waals surface area (Å²) in [5.74, 6) is -0.685. The SMILES string of the molecule is C=C(C(=O)OCC)c1ccc2c(c1)-c1cc(F)ccc1-2. The molecule has 0 aromatic heterocycles. The van der Waals surface area contributed by atoms with Crippen LogP contribution in [0.3, 0.4) is 0 Å². The van der Waals surface area contributed by atoms with E-state index in [1.807, 2.05) is 18.2 Å². The average Bonchev–Trinajstić information content (AvgIpc) is 2.44. The van der Waals surface area contributed by atoms with E-state index in [1.54, 1.807) is 13.0 Å². The summed E-state index contributed by atoms with van der Waals surface area (Å²) >= 11 is 0. The number of hydrogen-bond acceptors (Lipinski definition) is 2. The average molecular weight is 268 g/mol. The summed E-state index contributed by atoms with van der Waals surface area (Å²) in [5.41, 5.74) is 4.95. The van der Waals surface area contributed by atoms with Crippen molar-refractivity contribution in [2.24, 2.45) is 0 Å². The van der Waals surface area contributed by atoms with E-state index in [9.17, 15) is 9.18 Å². The molecule has 20 heavy (non-hydrogen) atoms. The molecule has 0 radical (unpaired) electrons. The minimum absolute atomic E-state index is 0.260. The van der Waals surface area contributed by atoms with Gasteiger partial charge in [-0.05, 0) is 52.9 Å². The third-order valence-electron chi connectivity index (χ3n) is 3.45. The molecule has 0 spiro atoms. The van der Waals surface area contributed by atoms with Gasteiger partial charge in [0.1, 0.15) is 5.82 Å². The Kier molecular flexibility index (Phi) is 2.90. The number of carbonyl (C=O) groups is 1. The van der Waals surface area contributed by atoms with Gasteiger partial charge in [-0.25, -0.2) is 9.18 Å². The molecule has 0 amide bonds. The summed E-state index contributed by atoms with van der Waals surface area (Å²) < 4.78 is 18.2. The number of rotatable bonds is 3. The summed E-state index contributed by atoms with van der Waals surface area (Å²) in [6.45, 7) is 5.83. The number of ether oxygens (including phenoxy) is 1. The van der Waals surface area contributed by atoms with Crippen LogP contribution < -0.4 is 0 Å². The van der Waals surface area contributed by atoms with E-state index in [-0.39, 0.29) is 5.82 Å². The topological polar surface area (TPSA) is 26.3 Å². The Morgan fingerprint density at radius 3 is 2.45 bits per heavy atom. The predicted octanol–water partition coefficient (Wildman–Crippen LogP) is 4.05. The minimum Gasteiger partial charge on any atom is -0.462 e. The third kappa shape index (κ3) is 1.83. The molecule has 0 heterocycles. The van der Waals surface area contributed by atoms with Gasteiger partial charge in [0.25, 0.3) is 0 Å². The standard InChI is InChI=1S/C17H13FO2/c1-3-20-17(19)10(2)11-4-6-13-14-7-5-12(18)9-16(14)15(13)8-11/h4-9H,2-3H2,1H3. The van der Waals surface area contributed by atoms with E-state index in [0.29, 0.717) is 17.7 Å². The molecule has 1 aliphatic carbocycles. The third-order valence-corrected chi connectivity index (χ3v) is 3.45. The van der Waals surface area contributed by atoms with Gasteiger partial charge in [-0.15, -0.1) is 0 Å². The van der Waals surface area contributed by atoms with Gasteiger partial charge < -0.3 is 4.74 Å². The first kappa shape index (κ1) is 12.6. The summed E-state index contributed by atoms with van der Waals surface area (Å²) in [6.07, 6.45) is 0. The molecular formula is C17H13FO2. The maximum atomic E-state index is 13.3. The second-order valence-electron chi connectivity index (χ2n) is 4.65. The Bertz CT molecular complexity index is 732. The number of esters is 1. The zero-order chi connectivity index (χ0) is 14.3. The van der Waals surface area contributed by atoms with Crippen LogP contribution in [0.15, 0.2) is 43.0 Å². The number of fused-ring (bicyclic) bond motifs is 4. The molecule has 2 aromatic rings. The molecule has 1 aliphatic rings. The molecule has 0 unspecified atom stereocenters. The summed E-state index contributed by atoms with van der Waals surface area (Å²) in [6, 6.07) is 10.4. The highest BCUT2D eigenvalue weighted by Gasteiger charge is 2.24. The van der Waals surface area contributed by atoms with E-state index in [4.69, 9.17) is 4.74 Å². The molecule has 100 valence electrons. The van der Waals surface area contributed by atoms with Gasteiger partial charge in [-0.1, -0.05) is 24.8 Å². The molecule has 0 bridgehead atoms. The molecule has 0 atom stereocenters. The van der Waals surface area contributed by atoms with Gasteiger partial charge in [-0.3, -0.25) is 0 Å². The fourth-order valence-electron chi connectivity index (χ4n) is 2.44. The quantitative estimate of drug-likeness (QED) is 0.529. The van der Waals surface area contributed by atoms with Gasteiger partial charge in [0.05, 0.1) is 12.2 Å². The second-order valence-corrected chi connectivity index (χ2v) is 4.65. The van der Waals surface area contributed by atoms with Crippen LogP contribution >= 0.6 is 0 Å². The fraction of sp³-hybridized carbons (Fsp3) is 0.118. The number of benzene rings is 2. The largest absolute Gasteiger partial charge is 0.462 e. The highest BCUT2D eigenvalue weighted by molar-refractivity contribution is 6.16. The second kappa shape index (κ2) is 4.60. The molecule has 3 rings (SSSR count). The van der Waals surface area contributed by atoms with Crippen LogP contribution in [0.1, 0.15) is 12.5 Å². The number of carbonyl (C=O) groups excluding carboxylic acids is 1. The first-order valence-corrected chi connectivity index (χ1v) is 6.42. The summed E-state index contributed by atoms with van der Waals surface area (Å²) in [7, 11) is 0. The Hall–Kier alpha value is -2.42. The lowest BCUT2D eigenvalue weighted by molar-refractivity contribution is -0.136. The maximum absolute atomic E-state index is 13.3. The predicted molar refractivity (Wildman–Crippen MR) is 76.5 cm³/mol. The Balaban J connectivity index is 1.96. The van der Waals surface area contributed by atoms with Crippen molar-refractivity contribution >= 4 is 11.5 Å². The number of halogens is 1. The molecule has 3 heteroatoms. The van der Waals surface area contributed by atoms with Gasteiger partial charge >= 0.3 is 5.97 Å². The van der Waals surface area contributed by atoms with Crippen LogP contribution in [0.4, 0.5) is 4.39 Å². The van der Waals surface area contributed by atoms with E-state index >= 15 is 0 Å². The lowest BCUT2D eigenvalue weighted by Crippen LogP contribution is -2.07. The fourth-order valence-corrected chi connectivity index (χ4v) is 2.44. The molecule has 0 fully saturated rings. The smallest absolute Gasteiger partial charge is 0.338 e. The van der Waals surface area contributed by atoms with E-state index in [0.717, 1.165) is 22.3 Å². The van der Waals surface area contributed by atoms with Gasteiger partial charge in [0.2, 0.25) is 0 Å². The van der Waals surface area contributed by atoms with E-state index in [2.05, 4.69) is 6.58 Å². The lowest BCUT2D eigenvalue weighted by atomic mass is 9.79. The van der Waals surface area contributed by atoms with Crippen LogP contribution in [0.25, 0.3) is 27.8 Å². The highest BCUT2D eigenvalue weighted by atomic mass is 19.1. The molecule has 0 saturated carbocycles. The van der Waals surface area contributed by atoms with Crippen molar-refractivity contribution in [3.05, 3.63) is 54.4 Å². The monoisotopic (exact) mass is 268 g/mol. The molecule has 0 N–H and O–H groups in total. The van der Waals surface area contributed by atoms with Crippen molar-refractivity contribution in [1.29, 1.82) is 0 Å².